The Morgan fingerprint density at radius 2 is 1.95 bits per heavy atom. The third-order valence-corrected chi connectivity index (χ3v) is 4.22. The van der Waals surface area contributed by atoms with Crippen LogP contribution in [0.15, 0.2) is 28.9 Å². The van der Waals surface area contributed by atoms with Crippen molar-refractivity contribution >= 4 is 15.9 Å². The molecule has 0 saturated heterocycles. The lowest BCUT2D eigenvalue weighted by Crippen LogP contribution is -2.08. The summed E-state index contributed by atoms with van der Waals surface area (Å²) in [7, 11) is 1.66. The van der Waals surface area contributed by atoms with Crippen molar-refractivity contribution in [3.8, 4) is 5.75 Å². The lowest BCUT2D eigenvalue weighted by Gasteiger charge is -2.17. The molecule has 21 heavy (non-hydrogen) atoms. The van der Waals surface area contributed by atoms with Crippen molar-refractivity contribution < 1.29 is 9.84 Å². The number of benzene rings is 1. The second-order valence-corrected chi connectivity index (χ2v) is 6.18. The number of aromatic nitrogens is 1. The van der Waals surface area contributed by atoms with Crippen molar-refractivity contribution in [1.29, 1.82) is 0 Å². The van der Waals surface area contributed by atoms with Crippen molar-refractivity contribution in [2.24, 2.45) is 0 Å². The number of rotatable bonds is 4. The Balaban J connectivity index is 2.29. The van der Waals surface area contributed by atoms with Crippen LogP contribution < -0.4 is 4.74 Å². The van der Waals surface area contributed by atoms with Gasteiger partial charge in [0.2, 0.25) is 0 Å². The zero-order valence-electron chi connectivity index (χ0n) is 12.8. The molecule has 0 aliphatic heterocycles. The van der Waals surface area contributed by atoms with E-state index in [2.05, 4.69) is 20.9 Å². The van der Waals surface area contributed by atoms with Gasteiger partial charge in [-0.1, -0.05) is 22.0 Å². The number of methoxy groups -OCH3 is 1. The highest BCUT2D eigenvalue weighted by Gasteiger charge is 2.16. The highest BCUT2D eigenvalue weighted by molar-refractivity contribution is 9.10. The molecule has 1 aromatic heterocycles. The van der Waals surface area contributed by atoms with E-state index in [1.807, 2.05) is 39.0 Å². The maximum atomic E-state index is 10.5. The summed E-state index contributed by atoms with van der Waals surface area (Å²) in [6.07, 6.45) is 1.70. The monoisotopic (exact) mass is 349 g/mol. The van der Waals surface area contributed by atoms with Crippen LogP contribution in [-0.4, -0.2) is 17.2 Å². The van der Waals surface area contributed by atoms with Gasteiger partial charge in [-0.2, -0.15) is 0 Å². The Kier molecular flexibility index (Phi) is 5.01. The first-order valence-electron chi connectivity index (χ1n) is 6.87. The van der Waals surface area contributed by atoms with Crippen molar-refractivity contribution in [3.05, 3.63) is 56.8 Å². The van der Waals surface area contributed by atoms with Gasteiger partial charge in [-0.25, -0.2) is 0 Å². The standard InChI is InChI=1S/C17H20BrNO2/c1-10-7-13(18)5-6-14(10)16(20)8-15-12(3)17(21-4)11(2)9-19-15/h5-7,9,16,20H,8H2,1-4H3. The van der Waals surface area contributed by atoms with Crippen LogP contribution in [0.4, 0.5) is 0 Å². The Morgan fingerprint density at radius 1 is 1.24 bits per heavy atom. The van der Waals surface area contributed by atoms with Gasteiger partial charge in [-0.3, -0.25) is 4.98 Å². The first-order valence-corrected chi connectivity index (χ1v) is 7.66. The van der Waals surface area contributed by atoms with Crippen LogP contribution in [0.2, 0.25) is 0 Å². The van der Waals surface area contributed by atoms with Gasteiger partial charge in [0.25, 0.3) is 0 Å². The molecule has 1 unspecified atom stereocenters. The molecule has 1 aromatic carbocycles. The third-order valence-electron chi connectivity index (χ3n) is 3.73. The van der Waals surface area contributed by atoms with E-state index in [0.29, 0.717) is 6.42 Å². The number of halogens is 1. The van der Waals surface area contributed by atoms with E-state index in [1.165, 1.54) is 0 Å². The van der Waals surface area contributed by atoms with E-state index >= 15 is 0 Å². The number of hydrogen-bond acceptors (Lipinski definition) is 3. The van der Waals surface area contributed by atoms with E-state index in [0.717, 1.165) is 38.2 Å². The van der Waals surface area contributed by atoms with Gasteiger partial charge in [-0.05, 0) is 44.0 Å². The Hall–Kier alpha value is -1.39. The number of aliphatic hydroxyl groups excluding tert-OH is 1. The van der Waals surface area contributed by atoms with Gasteiger partial charge in [-0.15, -0.1) is 0 Å². The van der Waals surface area contributed by atoms with Gasteiger partial charge in [0.15, 0.2) is 0 Å². The van der Waals surface area contributed by atoms with E-state index in [-0.39, 0.29) is 0 Å². The maximum Gasteiger partial charge on any atom is 0.128 e. The number of nitrogens with zero attached hydrogens (tertiary/aromatic N) is 1. The molecule has 0 aliphatic rings. The predicted octanol–water partition coefficient (Wildman–Crippen LogP) is 4.05. The molecule has 0 aliphatic carbocycles. The van der Waals surface area contributed by atoms with Crippen LogP contribution in [0, 0.1) is 20.8 Å². The smallest absolute Gasteiger partial charge is 0.128 e. The normalized spacial score (nSPS) is 12.3. The number of aryl methyl sites for hydroxylation is 2. The summed E-state index contributed by atoms with van der Waals surface area (Å²) >= 11 is 3.44. The molecule has 1 N–H and O–H groups in total. The largest absolute Gasteiger partial charge is 0.496 e. The van der Waals surface area contributed by atoms with Crippen LogP contribution in [0.25, 0.3) is 0 Å². The zero-order chi connectivity index (χ0) is 15.6. The highest BCUT2D eigenvalue weighted by atomic mass is 79.9. The Bertz CT molecular complexity index is 655. The predicted molar refractivity (Wildman–Crippen MR) is 87.8 cm³/mol. The van der Waals surface area contributed by atoms with Crippen molar-refractivity contribution in [2.75, 3.05) is 7.11 Å². The van der Waals surface area contributed by atoms with Gasteiger partial charge in [0, 0.05) is 33.9 Å². The molecule has 1 heterocycles. The summed E-state index contributed by atoms with van der Waals surface area (Å²) in [6.45, 7) is 5.95. The topological polar surface area (TPSA) is 42.4 Å². The van der Waals surface area contributed by atoms with E-state index < -0.39 is 6.10 Å². The van der Waals surface area contributed by atoms with Crippen molar-refractivity contribution in [2.45, 2.75) is 33.3 Å². The first-order chi connectivity index (χ1) is 9.93. The average Bonchev–Trinajstić information content (AvgIpc) is 2.42. The summed E-state index contributed by atoms with van der Waals surface area (Å²) in [6, 6.07) is 5.90. The lowest BCUT2D eigenvalue weighted by atomic mass is 9.98. The number of pyridine rings is 1. The van der Waals surface area contributed by atoms with Crippen LogP contribution >= 0.6 is 15.9 Å². The molecule has 112 valence electrons. The fraction of sp³-hybridized carbons (Fsp3) is 0.353. The van der Waals surface area contributed by atoms with E-state index in [1.54, 1.807) is 13.3 Å². The molecule has 0 fully saturated rings. The highest BCUT2D eigenvalue weighted by Crippen LogP contribution is 2.29. The minimum absolute atomic E-state index is 0.477. The fourth-order valence-electron chi connectivity index (χ4n) is 2.58. The van der Waals surface area contributed by atoms with Crippen LogP contribution in [0.1, 0.15) is 34.1 Å². The van der Waals surface area contributed by atoms with Crippen LogP contribution in [0.5, 0.6) is 5.75 Å². The number of hydrogen-bond donors (Lipinski definition) is 1. The molecular weight excluding hydrogens is 330 g/mol. The molecule has 3 nitrogen and oxygen atoms in total. The molecule has 1 atom stereocenters. The van der Waals surface area contributed by atoms with Crippen LogP contribution in [0.3, 0.4) is 0 Å². The van der Waals surface area contributed by atoms with Crippen LogP contribution in [-0.2, 0) is 6.42 Å². The SMILES string of the molecule is COc1c(C)cnc(CC(O)c2ccc(Br)cc2C)c1C. The Morgan fingerprint density at radius 3 is 2.57 bits per heavy atom. The summed E-state index contributed by atoms with van der Waals surface area (Å²) < 4.78 is 6.43. The van der Waals surface area contributed by atoms with Crippen molar-refractivity contribution in [3.63, 3.8) is 0 Å². The molecular formula is C17H20BrNO2. The molecule has 0 saturated carbocycles. The molecule has 0 radical (unpaired) electrons. The van der Waals surface area contributed by atoms with Gasteiger partial charge < -0.3 is 9.84 Å². The Labute approximate surface area is 134 Å². The van der Waals surface area contributed by atoms with E-state index in [4.69, 9.17) is 4.74 Å². The second-order valence-electron chi connectivity index (χ2n) is 5.27. The molecule has 0 spiro atoms. The zero-order valence-corrected chi connectivity index (χ0v) is 14.4. The first kappa shape index (κ1) is 16.0. The molecule has 0 amide bonds. The number of ether oxygens (including phenoxy) is 1. The minimum atomic E-state index is -0.572. The number of aliphatic hydroxyl groups is 1. The second kappa shape index (κ2) is 6.58. The van der Waals surface area contributed by atoms with E-state index in [9.17, 15) is 5.11 Å². The maximum absolute atomic E-state index is 10.5. The fourth-order valence-corrected chi connectivity index (χ4v) is 3.06. The summed E-state index contributed by atoms with van der Waals surface area (Å²) in [5, 5.41) is 10.5. The minimum Gasteiger partial charge on any atom is -0.496 e. The summed E-state index contributed by atoms with van der Waals surface area (Å²) in [5.41, 5.74) is 4.86. The summed E-state index contributed by atoms with van der Waals surface area (Å²) in [4.78, 5) is 4.45. The molecule has 0 bridgehead atoms. The average molecular weight is 350 g/mol. The third kappa shape index (κ3) is 3.44. The molecule has 2 rings (SSSR count). The van der Waals surface area contributed by atoms with Gasteiger partial charge in [0.05, 0.1) is 13.2 Å². The molecule has 2 aromatic rings. The molecule has 4 heteroatoms. The lowest BCUT2D eigenvalue weighted by molar-refractivity contribution is 0.176. The van der Waals surface area contributed by atoms with Crippen molar-refractivity contribution in [1.82, 2.24) is 4.98 Å². The summed E-state index contributed by atoms with van der Waals surface area (Å²) in [5.74, 6) is 0.847. The quantitative estimate of drug-likeness (QED) is 0.905. The van der Waals surface area contributed by atoms with Gasteiger partial charge >= 0.3 is 0 Å². The van der Waals surface area contributed by atoms with Gasteiger partial charge in [0.1, 0.15) is 5.75 Å².